The molecule has 2 rings (SSSR count). The Morgan fingerprint density at radius 1 is 1.23 bits per heavy atom. The number of hydrogen-bond acceptors (Lipinski definition) is 2. The van der Waals surface area contributed by atoms with Gasteiger partial charge in [0.1, 0.15) is 0 Å². The number of ether oxygens (including phenoxy) is 1. The minimum absolute atomic E-state index is 0.337. The highest BCUT2D eigenvalue weighted by atomic mass is 16.5. The van der Waals surface area contributed by atoms with E-state index in [9.17, 15) is 0 Å². The zero-order valence-electron chi connectivity index (χ0n) is 9.63. The molecule has 0 amide bonds. The molecule has 1 aliphatic carbocycles. The summed E-state index contributed by atoms with van der Waals surface area (Å²) in [5.41, 5.74) is 0.337. The summed E-state index contributed by atoms with van der Waals surface area (Å²) in [5, 5.41) is 0. The summed E-state index contributed by atoms with van der Waals surface area (Å²) in [5.74, 6) is 0. The molecule has 2 heteroatoms. The fraction of sp³-hybridized carbons (Fsp3) is 1.00. The van der Waals surface area contributed by atoms with Gasteiger partial charge >= 0.3 is 0 Å². The maximum atomic E-state index is 5.54. The van der Waals surface area contributed by atoms with Crippen molar-refractivity contribution in [3.05, 3.63) is 0 Å². The Hall–Kier alpha value is -0.0800. The van der Waals surface area contributed by atoms with Crippen molar-refractivity contribution in [2.45, 2.75) is 58.7 Å². The molecule has 1 saturated heterocycles. The summed E-state index contributed by atoms with van der Waals surface area (Å²) in [7, 11) is 0. The Kier molecular flexibility index (Phi) is 3.36. The first kappa shape index (κ1) is 11.0. The maximum absolute atomic E-state index is 5.54. The summed E-state index contributed by atoms with van der Waals surface area (Å²) < 4.78 is 5.54. The van der Waals surface area contributed by atoms with E-state index in [-0.39, 0.29) is 0 Å². The molecular weight excluding hydrogens is 162 g/mol. The lowest BCUT2D eigenvalue weighted by molar-refractivity contribution is -0.00798. The summed E-state index contributed by atoms with van der Waals surface area (Å²) in [6.07, 6.45) is 1.83. The van der Waals surface area contributed by atoms with Crippen LogP contribution in [0.3, 0.4) is 0 Å². The van der Waals surface area contributed by atoms with Crippen molar-refractivity contribution in [1.82, 2.24) is 4.90 Å². The predicted octanol–water partition coefficient (Wildman–Crippen LogP) is 2.28. The normalized spacial score (nSPS) is 33.0. The molecule has 1 saturated carbocycles. The van der Waals surface area contributed by atoms with E-state index < -0.39 is 0 Å². The molecule has 78 valence electrons. The van der Waals surface area contributed by atoms with E-state index in [4.69, 9.17) is 4.74 Å². The minimum atomic E-state index is 0.337. The van der Waals surface area contributed by atoms with Crippen LogP contribution in [0.25, 0.3) is 0 Å². The largest absolute Gasteiger partial charge is 0.375 e. The number of nitrogens with zero attached hydrogens (tertiary/aromatic N) is 1. The van der Waals surface area contributed by atoms with Gasteiger partial charge in [0.25, 0.3) is 0 Å². The van der Waals surface area contributed by atoms with Crippen molar-refractivity contribution >= 4 is 0 Å². The van der Waals surface area contributed by atoms with Gasteiger partial charge in [-0.05, 0) is 27.2 Å². The average Bonchev–Trinajstić information content (AvgIpc) is 2.83. The van der Waals surface area contributed by atoms with Crippen molar-refractivity contribution in [1.29, 1.82) is 0 Å². The fourth-order valence-corrected chi connectivity index (χ4v) is 1.97. The Bertz CT molecular complexity index is 162. The summed E-state index contributed by atoms with van der Waals surface area (Å²) >= 11 is 0. The zero-order chi connectivity index (χ0) is 10.1. The van der Waals surface area contributed by atoms with Crippen molar-refractivity contribution in [2.24, 2.45) is 0 Å². The molecule has 2 aliphatic rings. The molecule has 0 N–H and O–H groups in total. The minimum Gasteiger partial charge on any atom is -0.375 e. The third-order valence-electron chi connectivity index (χ3n) is 2.63. The zero-order valence-corrected chi connectivity index (χ0v) is 9.63. The van der Waals surface area contributed by atoms with E-state index in [1.165, 1.54) is 6.42 Å². The van der Waals surface area contributed by atoms with Crippen LogP contribution in [-0.4, -0.2) is 35.7 Å². The highest BCUT2D eigenvalue weighted by Crippen LogP contribution is 2.38. The average molecular weight is 185 g/mol. The molecule has 13 heavy (non-hydrogen) atoms. The first-order chi connectivity index (χ1) is 6.09. The van der Waals surface area contributed by atoms with Crippen LogP contribution < -0.4 is 0 Å². The van der Waals surface area contributed by atoms with E-state index in [1.807, 2.05) is 13.8 Å². The summed E-state index contributed by atoms with van der Waals surface area (Å²) in [4.78, 5) is 2.57. The lowest BCUT2D eigenvalue weighted by Crippen LogP contribution is -2.48. The topological polar surface area (TPSA) is 12.5 Å². The van der Waals surface area contributed by atoms with Crippen LogP contribution in [0.4, 0.5) is 0 Å². The first-order valence-corrected chi connectivity index (χ1v) is 5.47. The third-order valence-corrected chi connectivity index (χ3v) is 2.63. The van der Waals surface area contributed by atoms with Crippen molar-refractivity contribution < 1.29 is 4.74 Å². The van der Waals surface area contributed by atoms with Gasteiger partial charge in [-0.25, -0.2) is 0 Å². The fourth-order valence-electron chi connectivity index (χ4n) is 1.97. The number of morpholine rings is 1. The van der Waals surface area contributed by atoms with Gasteiger partial charge in [0.15, 0.2) is 0 Å². The van der Waals surface area contributed by atoms with Crippen LogP contribution in [0.2, 0.25) is 0 Å². The molecule has 0 spiro atoms. The van der Waals surface area contributed by atoms with E-state index in [2.05, 4.69) is 25.7 Å². The lowest BCUT2D eigenvalue weighted by Gasteiger charge is -2.38. The molecule has 1 aliphatic heterocycles. The van der Waals surface area contributed by atoms with Gasteiger partial charge in [0, 0.05) is 18.1 Å². The molecule has 2 atom stereocenters. The number of fused-ring (bicyclic) bond motifs is 1. The third kappa shape index (κ3) is 2.44. The van der Waals surface area contributed by atoms with Crippen LogP contribution in [0.5, 0.6) is 0 Å². The smallest absolute Gasteiger partial charge is 0.0748 e. The van der Waals surface area contributed by atoms with E-state index in [0.717, 1.165) is 19.2 Å². The molecule has 2 fully saturated rings. The van der Waals surface area contributed by atoms with E-state index >= 15 is 0 Å². The van der Waals surface area contributed by atoms with Crippen molar-refractivity contribution in [3.8, 4) is 0 Å². The highest BCUT2D eigenvalue weighted by Gasteiger charge is 2.48. The molecule has 0 aromatic rings. The van der Waals surface area contributed by atoms with Crippen LogP contribution in [0, 0.1) is 0 Å². The molecular formula is C11H23NO. The molecule has 2 unspecified atom stereocenters. The second-order valence-electron chi connectivity index (χ2n) is 4.58. The van der Waals surface area contributed by atoms with Crippen LogP contribution in [-0.2, 0) is 4.74 Å². The summed E-state index contributed by atoms with van der Waals surface area (Å²) in [6, 6.07) is 0.740. The Morgan fingerprint density at radius 2 is 1.85 bits per heavy atom. The quantitative estimate of drug-likeness (QED) is 0.574. The maximum Gasteiger partial charge on any atom is 0.0748 e. The Labute approximate surface area is 82.3 Å². The van der Waals surface area contributed by atoms with Gasteiger partial charge in [0.05, 0.1) is 12.7 Å². The second kappa shape index (κ2) is 3.97. The van der Waals surface area contributed by atoms with Gasteiger partial charge in [-0.3, -0.25) is 4.90 Å². The summed E-state index contributed by atoms with van der Waals surface area (Å²) in [6.45, 7) is 12.9. The van der Waals surface area contributed by atoms with Crippen molar-refractivity contribution in [2.75, 3.05) is 13.2 Å². The Morgan fingerprint density at radius 3 is 2.31 bits per heavy atom. The van der Waals surface area contributed by atoms with Gasteiger partial charge in [-0.1, -0.05) is 13.8 Å². The highest BCUT2D eigenvalue weighted by molar-refractivity contribution is 5.02. The Balaban J connectivity index is 0.000000396. The standard InChI is InChI=1S/C9H17NO.C2H6/c1-9(2,3)10-4-5-11-8-6-7(8)10;1-2/h7-8H,4-6H2,1-3H3;1-2H3. The molecule has 0 bridgehead atoms. The monoisotopic (exact) mass is 185 g/mol. The SMILES string of the molecule is CC.CC(C)(C)N1CCOC2CC21. The predicted molar refractivity (Wildman–Crippen MR) is 56.0 cm³/mol. The van der Waals surface area contributed by atoms with Crippen molar-refractivity contribution in [3.63, 3.8) is 0 Å². The first-order valence-electron chi connectivity index (χ1n) is 5.47. The molecule has 2 nitrogen and oxygen atoms in total. The van der Waals surface area contributed by atoms with Gasteiger partial charge < -0.3 is 4.74 Å². The number of hydrogen-bond donors (Lipinski definition) is 0. The molecule has 0 aromatic carbocycles. The molecule has 1 heterocycles. The van der Waals surface area contributed by atoms with E-state index in [0.29, 0.717) is 11.6 Å². The van der Waals surface area contributed by atoms with Crippen LogP contribution in [0.1, 0.15) is 41.0 Å². The van der Waals surface area contributed by atoms with Gasteiger partial charge in [-0.15, -0.1) is 0 Å². The van der Waals surface area contributed by atoms with Gasteiger partial charge in [-0.2, -0.15) is 0 Å². The molecule has 0 radical (unpaired) electrons. The second-order valence-corrected chi connectivity index (χ2v) is 4.58. The lowest BCUT2D eigenvalue weighted by atomic mass is 10.1. The van der Waals surface area contributed by atoms with E-state index in [1.54, 1.807) is 0 Å². The molecule has 0 aromatic heterocycles. The van der Waals surface area contributed by atoms with Gasteiger partial charge in [0.2, 0.25) is 0 Å². The van der Waals surface area contributed by atoms with Crippen LogP contribution >= 0.6 is 0 Å². The number of rotatable bonds is 0. The van der Waals surface area contributed by atoms with Crippen LogP contribution in [0.15, 0.2) is 0 Å².